The number of carbonyl (C=O) groups is 2. The normalized spacial score (nSPS) is 19.3. The smallest absolute Gasteiger partial charge is 0.255 e. The van der Waals surface area contributed by atoms with Gasteiger partial charge in [-0.05, 0) is 67.1 Å². The second-order valence-corrected chi connectivity index (χ2v) is 10.3. The van der Waals surface area contributed by atoms with Crippen LogP contribution in [0.2, 0.25) is 5.02 Å². The van der Waals surface area contributed by atoms with Gasteiger partial charge >= 0.3 is 0 Å². The van der Waals surface area contributed by atoms with Crippen LogP contribution in [0.1, 0.15) is 60.9 Å². The maximum Gasteiger partial charge on any atom is 0.255 e. The summed E-state index contributed by atoms with van der Waals surface area (Å²) in [5.41, 5.74) is 3.85. The van der Waals surface area contributed by atoms with Crippen molar-refractivity contribution in [2.45, 2.75) is 62.8 Å². The average Bonchev–Trinajstić information content (AvgIpc) is 3.56. The Morgan fingerprint density at radius 1 is 1.03 bits per heavy atom. The van der Waals surface area contributed by atoms with Crippen LogP contribution in [0.15, 0.2) is 60.8 Å². The minimum Gasteiger partial charge on any atom is -0.380 e. The summed E-state index contributed by atoms with van der Waals surface area (Å²) in [6.45, 7) is 0.590. The van der Waals surface area contributed by atoms with Gasteiger partial charge in [0.15, 0.2) is 12.2 Å². The van der Waals surface area contributed by atoms with Crippen molar-refractivity contribution in [3.63, 3.8) is 0 Å². The summed E-state index contributed by atoms with van der Waals surface area (Å²) < 4.78 is 1.95. The molecule has 2 aliphatic rings. The number of aromatic nitrogens is 2. The molecule has 2 heterocycles. The van der Waals surface area contributed by atoms with Gasteiger partial charge in [0.25, 0.3) is 11.8 Å². The molecule has 0 spiro atoms. The molecular weight excluding hydrogens is 492 g/mol. The molecule has 2 fully saturated rings. The molecule has 2 amide bonds. The first-order valence-corrected chi connectivity index (χ1v) is 13.1. The number of aliphatic hydroxyl groups excluding tert-OH is 2. The van der Waals surface area contributed by atoms with Crippen LogP contribution in [0.25, 0.3) is 5.69 Å². The van der Waals surface area contributed by atoms with Gasteiger partial charge in [-0.2, -0.15) is 5.10 Å². The van der Waals surface area contributed by atoms with E-state index in [0.717, 1.165) is 29.7 Å². The fraction of sp³-hybridized carbons (Fsp3) is 0.393. The minimum absolute atomic E-state index is 0.153. The highest BCUT2D eigenvalue weighted by Crippen LogP contribution is 2.37. The molecule has 1 saturated carbocycles. The zero-order valence-corrected chi connectivity index (χ0v) is 21.2. The summed E-state index contributed by atoms with van der Waals surface area (Å²) in [5, 5.41) is 28.6. The number of likely N-dealkylation sites (tertiary alicyclic amines) is 1. The molecule has 194 valence electrons. The van der Waals surface area contributed by atoms with Crippen LogP contribution in [0.4, 0.5) is 0 Å². The number of nitrogens with zero attached hydrogens (tertiary/aromatic N) is 3. The van der Waals surface area contributed by atoms with E-state index in [0.29, 0.717) is 17.5 Å². The maximum atomic E-state index is 13.0. The molecule has 3 aromatic rings. The highest BCUT2D eigenvalue weighted by molar-refractivity contribution is 6.30. The predicted molar refractivity (Wildman–Crippen MR) is 139 cm³/mol. The van der Waals surface area contributed by atoms with E-state index < -0.39 is 24.0 Å². The van der Waals surface area contributed by atoms with Crippen molar-refractivity contribution in [3.8, 4) is 5.69 Å². The zero-order valence-electron chi connectivity index (χ0n) is 20.5. The van der Waals surface area contributed by atoms with Gasteiger partial charge < -0.3 is 20.4 Å². The average molecular weight is 523 g/mol. The van der Waals surface area contributed by atoms with Gasteiger partial charge in [-0.25, -0.2) is 4.68 Å². The summed E-state index contributed by atoms with van der Waals surface area (Å²) in [6, 6.07) is 16.7. The minimum atomic E-state index is -1.87. The van der Waals surface area contributed by atoms with E-state index >= 15 is 0 Å². The standard InChI is InChI=1S/C28H31ClN4O4/c29-21-7-2-6-20(16-21)23-8-3-15-32(23)28(37)26(35)25(34)27(36)30-17-18-9-11-22(12-10-18)33-24(13-14-31-33)19-4-1-5-19/h2,6-7,9-14,16,19,23,25-26,34-35H,1,3-5,8,15,17H2,(H,30,36)/t23?,25-,26-/m1/s1. The van der Waals surface area contributed by atoms with Crippen molar-refractivity contribution in [2.24, 2.45) is 0 Å². The monoisotopic (exact) mass is 522 g/mol. The summed E-state index contributed by atoms with van der Waals surface area (Å²) in [6.07, 6.45) is 3.19. The molecule has 1 aromatic heterocycles. The molecule has 2 aromatic carbocycles. The Kier molecular flexibility index (Phi) is 7.60. The molecule has 5 rings (SSSR count). The number of hydrogen-bond donors (Lipinski definition) is 3. The largest absolute Gasteiger partial charge is 0.380 e. The summed E-state index contributed by atoms with van der Waals surface area (Å²) in [7, 11) is 0. The highest BCUT2D eigenvalue weighted by atomic mass is 35.5. The van der Waals surface area contributed by atoms with Crippen molar-refractivity contribution in [1.29, 1.82) is 0 Å². The topological polar surface area (TPSA) is 108 Å². The molecule has 8 nitrogen and oxygen atoms in total. The lowest BCUT2D eigenvalue weighted by Crippen LogP contribution is -2.50. The lowest BCUT2D eigenvalue weighted by Gasteiger charge is -2.28. The number of halogens is 1. The Morgan fingerprint density at radius 3 is 2.51 bits per heavy atom. The number of benzene rings is 2. The quantitative estimate of drug-likeness (QED) is 0.420. The SMILES string of the molecule is O=C(NCc1ccc(-n2nccc2C2CCC2)cc1)[C@H](O)[C@@H](O)C(=O)N1CCCC1c1cccc(Cl)c1. The first-order chi connectivity index (χ1) is 17.9. The fourth-order valence-electron chi connectivity index (χ4n) is 5.13. The predicted octanol–water partition coefficient (Wildman–Crippen LogP) is 3.49. The lowest BCUT2D eigenvalue weighted by molar-refractivity contribution is -0.153. The van der Waals surface area contributed by atoms with Crippen LogP contribution in [-0.2, 0) is 16.1 Å². The number of carbonyl (C=O) groups excluding carboxylic acids is 2. The number of nitrogens with one attached hydrogen (secondary N) is 1. The molecule has 0 bridgehead atoms. The molecule has 37 heavy (non-hydrogen) atoms. The van der Waals surface area contributed by atoms with E-state index in [1.807, 2.05) is 47.3 Å². The van der Waals surface area contributed by atoms with Gasteiger partial charge in [0, 0.05) is 35.9 Å². The Labute approximate surface area is 220 Å². The number of amides is 2. The van der Waals surface area contributed by atoms with Gasteiger partial charge in [0.05, 0.1) is 11.7 Å². The molecule has 1 aliphatic carbocycles. The third-order valence-corrected chi connectivity index (χ3v) is 7.67. The second-order valence-electron chi connectivity index (χ2n) is 9.81. The van der Waals surface area contributed by atoms with Crippen LogP contribution in [0.5, 0.6) is 0 Å². The Bertz CT molecular complexity index is 1260. The Morgan fingerprint density at radius 2 is 1.81 bits per heavy atom. The highest BCUT2D eigenvalue weighted by Gasteiger charge is 2.38. The third-order valence-electron chi connectivity index (χ3n) is 7.43. The zero-order chi connectivity index (χ0) is 25.9. The molecular formula is C28H31ClN4O4. The molecule has 3 atom stereocenters. The van der Waals surface area contributed by atoms with Crippen LogP contribution in [-0.4, -0.2) is 55.5 Å². The summed E-state index contributed by atoms with van der Waals surface area (Å²) in [5.74, 6) is -0.919. The van der Waals surface area contributed by atoms with Crippen LogP contribution in [0.3, 0.4) is 0 Å². The van der Waals surface area contributed by atoms with Gasteiger partial charge in [-0.3, -0.25) is 9.59 Å². The molecule has 0 radical (unpaired) electrons. The van der Waals surface area contributed by atoms with Crippen molar-refractivity contribution in [3.05, 3.63) is 82.6 Å². The first-order valence-electron chi connectivity index (χ1n) is 12.8. The van der Waals surface area contributed by atoms with E-state index in [4.69, 9.17) is 11.6 Å². The van der Waals surface area contributed by atoms with Crippen LogP contribution >= 0.6 is 11.6 Å². The number of aliphatic hydroxyl groups is 2. The first kappa shape index (κ1) is 25.4. The van der Waals surface area contributed by atoms with Crippen molar-refractivity contribution >= 4 is 23.4 Å². The maximum absolute atomic E-state index is 13.0. The van der Waals surface area contributed by atoms with E-state index in [2.05, 4.69) is 16.5 Å². The van der Waals surface area contributed by atoms with Crippen LogP contribution < -0.4 is 5.32 Å². The Hall–Kier alpha value is -3.20. The van der Waals surface area contributed by atoms with Crippen LogP contribution in [0, 0.1) is 0 Å². The van der Waals surface area contributed by atoms with Gasteiger partial charge in [0.2, 0.25) is 0 Å². The van der Waals surface area contributed by atoms with E-state index in [-0.39, 0.29) is 12.6 Å². The van der Waals surface area contributed by atoms with Gasteiger partial charge in [0.1, 0.15) is 0 Å². The third kappa shape index (κ3) is 5.42. The van der Waals surface area contributed by atoms with Crippen molar-refractivity contribution < 1.29 is 19.8 Å². The summed E-state index contributed by atoms with van der Waals surface area (Å²) in [4.78, 5) is 27.1. The molecule has 3 N–H and O–H groups in total. The van der Waals surface area contributed by atoms with Crippen molar-refractivity contribution in [1.82, 2.24) is 20.0 Å². The van der Waals surface area contributed by atoms with E-state index in [1.54, 1.807) is 12.1 Å². The molecule has 1 aliphatic heterocycles. The van der Waals surface area contributed by atoms with Gasteiger partial charge in [-0.1, -0.05) is 42.3 Å². The second kappa shape index (κ2) is 11.0. The van der Waals surface area contributed by atoms with Crippen molar-refractivity contribution in [2.75, 3.05) is 6.54 Å². The lowest BCUT2D eigenvalue weighted by atomic mass is 9.83. The summed E-state index contributed by atoms with van der Waals surface area (Å²) >= 11 is 6.10. The van der Waals surface area contributed by atoms with Gasteiger partial charge in [-0.15, -0.1) is 0 Å². The number of hydrogen-bond acceptors (Lipinski definition) is 5. The Balaban J connectivity index is 1.17. The fourth-order valence-corrected chi connectivity index (χ4v) is 5.33. The molecule has 1 saturated heterocycles. The van der Waals surface area contributed by atoms with E-state index in [9.17, 15) is 19.8 Å². The number of rotatable bonds is 8. The molecule has 9 heteroatoms. The van der Waals surface area contributed by atoms with E-state index in [1.165, 1.54) is 29.9 Å². The molecule has 1 unspecified atom stereocenters.